The van der Waals surface area contributed by atoms with Crippen molar-refractivity contribution in [2.75, 3.05) is 0 Å². The summed E-state index contributed by atoms with van der Waals surface area (Å²) >= 11 is 0. The summed E-state index contributed by atoms with van der Waals surface area (Å²) in [6.45, 7) is 6.32. The zero-order valence-electron chi connectivity index (χ0n) is 6.76. The lowest BCUT2D eigenvalue weighted by atomic mass is 10.1. The van der Waals surface area contributed by atoms with Crippen molar-refractivity contribution in [2.45, 2.75) is 20.8 Å². The molecule has 1 heteroatoms. The molecule has 0 spiro atoms. The molecule has 0 saturated heterocycles. The predicted octanol–water partition coefficient (Wildman–Crippen LogP) is 2.67. The van der Waals surface area contributed by atoms with E-state index in [0.29, 0.717) is 5.92 Å². The molecule has 0 N–H and O–H groups in total. The van der Waals surface area contributed by atoms with Crippen LogP contribution in [0.15, 0.2) is 23.8 Å². The quantitative estimate of drug-likeness (QED) is 0.422. The molecule has 0 saturated carbocycles. The fourth-order valence-electron chi connectivity index (χ4n) is 0.435. The van der Waals surface area contributed by atoms with Gasteiger partial charge in [-0.1, -0.05) is 31.6 Å². The summed E-state index contributed by atoms with van der Waals surface area (Å²) < 4.78 is 0. The minimum atomic E-state index is 0.573. The van der Waals surface area contributed by atoms with Gasteiger partial charge in [-0.2, -0.15) is 5.26 Å². The van der Waals surface area contributed by atoms with E-state index in [2.05, 4.69) is 20.8 Å². The van der Waals surface area contributed by atoms with Gasteiger partial charge in [0.2, 0.25) is 0 Å². The van der Waals surface area contributed by atoms with Gasteiger partial charge in [-0.25, -0.2) is 0 Å². The Balaban J connectivity index is 3.95. The lowest BCUT2D eigenvalue weighted by molar-refractivity contribution is 0.769. The van der Waals surface area contributed by atoms with Gasteiger partial charge < -0.3 is 0 Å². The van der Waals surface area contributed by atoms with Crippen molar-refractivity contribution in [3.8, 4) is 6.07 Å². The Kier molecular flexibility index (Phi) is 4.32. The summed E-state index contributed by atoms with van der Waals surface area (Å²) in [6, 6.07) is 1.94. The van der Waals surface area contributed by atoms with E-state index in [0.717, 1.165) is 0 Å². The van der Waals surface area contributed by atoms with Gasteiger partial charge in [0, 0.05) is 6.08 Å². The Hall–Kier alpha value is -1.03. The van der Waals surface area contributed by atoms with Crippen molar-refractivity contribution in [1.29, 1.82) is 5.26 Å². The highest BCUT2D eigenvalue weighted by Gasteiger charge is 1.91. The number of nitrogens with zero attached hydrogens (tertiary/aromatic N) is 1. The van der Waals surface area contributed by atoms with Gasteiger partial charge in [0.15, 0.2) is 0 Å². The van der Waals surface area contributed by atoms with Gasteiger partial charge in [0.25, 0.3) is 0 Å². The van der Waals surface area contributed by atoms with E-state index >= 15 is 0 Å². The number of hydrogen-bond donors (Lipinski definition) is 0. The Morgan fingerprint density at radius 2 is 2.10 bits per heavy atom. The molecule has 0 bridgehead atoms. The van der Waals surface area contributed by atoms with Crippen molar-refractivity contribution in [1.82, 2.24) is 0 Å². The molecular formula is C9H13N. The lowest BCUT2D eigenvalue weighted by Crippen LogP contribution is -1.86. The number of hydrogen-bond acceptors (Lipinski definition) is 1. The molecule has 0 fully saturated rings. The van der Waals surface area contributed by atoms with Crippen LogP contribution in [-0.4, -0.2) is 0 Å². The SMILES string of the molecule is C/C(=C\C=C\C#N)C(C)C. The normalized spacial score (nSPS) is 12.5. The Bertz CT molecular complexity index is 179. The lowest BCUT2D eigenvalue weighted by Gasteiger charge is -2.01. The van der Waals surface area contributed by atoms with Gasteiger partial charge >= 0.3 is 0 Å². The molecular weight excluding hydrogens is 122 g/mol. The first-order valence-corrected chi connectivity index (χ1v) is 3.41. The van der Waals surface area contributed by atoms with Crippen LogP contribution >= 0.6 is 0 Å². The summed E-state index contributed by atoms with van der Waals surface area (Å²) in [5.74, 6) is 0.573. The van der Waals surface area contributed by atoms with Crippen LogP contribution in [-0.2, 0) is 0 Å². The van der Waals surface area contributed by atoms with E-state index in [-0.39, 0.29) is 0 Å². The topological polar surface area (TPSA) is 23.8 Å². The predicted molar refractivity (Wildman–Crippen MR) is 43.3 cm³/mol. The minimum absolute atomic E-state index is 0.573. The number of allylic oxidation sites excluding steroid dienone is 4. The summed E-state index contributed by atoms with van der Waals surface area (Å²) in [5.41, 5.74) is 1.30. The summed E-state index contributed by atoms with van der Waals surface area (Å²) in [4.78, 5) is 0. The molecule has 0 aromatic heterocycles. The van der Waals surface area contributed by atoms with Crippen LogP contribution in [0, 0.1) is 17.2 Å². The maximum atomic E-state index is 8.15. The molecule has 0 aromatic carbocycles. The van der Waals surface area contributed by atoms with E-state index in [1.165, 1.54) is 11.6 Å². The molecule has 0 heterocycles. The smallest absolute Gasteiger partial charge is 0.0912 e. The zero-order valence-corrected chi connectivity index (χ0v) is 6.76. The second kappa shape index (κ2) is 4.81. The van der Waals surface area contributed by atoms with E-state index in [1.807, 2.05) is 12.1 Å². The van der Waals surface area contributed by atoms with Crippen molar-refractivity contribution in [3.05, 3.63) is 23.8 Å². The number of nitriles is 1. The molecule has 0 aliphatic rings. The van der Waals surface area contributed by atoms with Gasteiger partial charge in [-0.05, 0) is 12.8 Å². The van der Waals surface area contributed by atoms with Crippen molar-refractivity contribution in [3.63, 3.8) is 0 Å². The monoisotopic (exact) mass is 135 g/mol. The first-order chi connectivity index (χ1) is 4.68. The largest absolute Gasteiger partial charge is 0.193 e. The van der Waals surface area contributed by atoms with Crippen molar-refractivity contribution >= 4 is 0 Å². The Labute approximate surface area is 62.7 Å². The highest BCUT2D eigenvalue weighted by molar-refractivity contribution is 5.16. The van der Waals surface area contributed by atoms with Gasteiger partial charge in [-0.15, -0.1) is 0 Å². The fraction of sp³-hybridized carbons (Fsp3) is 0.444. The van der Waals surface area contributed by atoms with Crippen molar-refractivity contribution < 1.29 is 0 Å². The molecule has 0 unspecified atom stereocenters. The Morgan fingerprint density at radius 1 is 1.50 bits per heavy atom. The fourth-order valence-corrected chi connectivity index (χ4v) is 0.435. The van der Waals surface area contributed by atoms with E-state index in [4.69, 9.17) is 5.26 Å². The van der Waals surface area contributed by atoms with Gasteiger partial charge in [-0.3, -0.25) is 0 Å². The minimum Gasteiger partial charge on any atom is -0.193 e. The van der Waals surface area contributed by atoms with E-state index < -0.39 is 0 Å². The molecule has 0 rings (SSSR count). The highest BCUT2D eigenvalue weighted by atomic mass is 14.2. The standard InChI is InChI=1S/C9H13N/c1-8(2)9(3)6-4-5-7-10/h4-6,8H,1-3H3/b5-4+,9-6+. The second-order valence-electron chi connectivity index (χ2n) is 2.55. The van der Waals surface area contributed by atoms with Crippen LogP contribution in [0.1, 0.15) is 20.8 Å². The van der Waals surface area contributed by atoms with Crippen LogP contribution in [0.3, 0.4) is 0 Å². The maximum absolute atomic E-state index is 8.15. The Morgan fingerprint density at radius 3 is 2.50 bits per heavy atom. The van der Waals surface area contributed by atoms with Gasteiger partial charge in [0.05, 0.1) is 6.07 Å². The first-order valence-electron chi connectivity index (χ1n) is 3.41. The molecule has 54 valence electrons. The molecule has 0 aromatic rings. The van der Waals surface area contributed by atoms with Gasteiger partial charge in [0.1, 0.15) is 0 Å². The average molecular weight is 135 g/mol. The van der Waals surface area contributed by atoms with E-state index in [9.17, 15) is 0 Å². The number of rotatable bonds is 2. The molecule has 0 aliphatic carbocycles. The maximum Gasteiger partial charge on any atom is 0.0912 e. The zero-order chi connectivity index (χ0) is 7.98. The van der Waals surface area contributed by atoms with Crippen LogP contribution in [0.25, 0.3) is 0 Å². The summed E-state index contributed by atoms with van der Waals surface area (Å²) in [7, 11) is 0. The average Bonchev–Trinajstić information content (AvgIpc) is 1.88. The first kappa shape index (κ1) is 8.97. The third kappa shape index (κ3) is 3.91. The molecule has 1 nitrogen and oxygen atoms in total. The van der Waals surface area contributed by atoms with Crippen LogP contribution < -0.4 is 0 Å². The third-order valence-electron chi connectivity index (χ3n) is 1.44. The molecule has 0 aliphatic heterocycles. The van der Waals surface area contributed by atoms with E-state index in [1.54, 1.807) is 6.08 Å². The molecule has 0 amide bonds. The molecule has 10 heavy (non-hydrogen) atoms. The third-order valence-corrected chi connectivity index (χ3v) is 1.44. The highest BCUT2D eigenvalue weighted by Crippen LogP contribution is 2.06. The van der Waals surface area contributed by atoms with Crippen LogP contribution in [0.4, 0.5) is 0 Å². The molecule has 0 radical (unpaired) electrons. The summed E-state index contributed by atoms with van der Waals surface area (Å²) in [5, 5.41) is 8.15. The van der Waals surface area contributed by atoms with Crippen LogP contribution in [0.2, 0.25) is 0 Å². The second-order valence-corrected chi connectivity index (χ2v) is 2.55. The molecule has 0 atom stereocenters. The van der Waals surface area contributed by atoms with Crippen LogP contribution in [0.5, 0.6) is 0 Å². The summed E-state index contributed by atoms with van der Waals surface area (Å²) in [6.07, 6.45) is 5.22. The van der Waals surface area contributed by atoms with Crippen molar-refractivity contribution in [2.24, 2.45) is 5.92 Å².